The van der Waals surface area contributed by atoms with Gasteiger partial charge in [-0.2, -0.15) is 0 Å². The molecule has 542 valence electrons. The normalized spacial score (nSPS) is 9.50. The van der Waals surface area contributed by atoms with Crippen LogP contribution in [0.3, 0.4) is 0 Å². The van der Waals surface area contributed by atoms with Crippen molar-refractivity contribution in [1.82, 2.24) is 0 Å². The van der Waals surface area contributed by atoms with Crippen LogP contribution in [0.2, 0.25) is 0 Å². The number of hydrogen-bond donors (Lipinski definition) is 14. The van der Waals surface area contributed by atoms with Crippen LogP contribution in [0.4, 0.5) is 28.4 Å². The molecule has 0 saturated heterocycles. The van der Waals surface area contributed by atoms with E-state index in [0.29, 0.717) is 28.4 Å². The second kappa shape index (κ2) is 54.1. The summed E-state index contributed by atoms with van der Waals surface area (Å²) < 4.78 is 9.31. The van der Waals surface area contributed by atoms with E-state index in [1.165, 1.54) is 159 Å². The molecule has 35 heteroatoms. The van der Waals surface area contributed by atoms with Crippen LogP contribution in [-0.4, -0.2) is 120 Å². The second-order valence-electron chi connectivity index (χ2n) is 18.4. The first-order valence-corrected chi connectivity index (χ1v) is 26.5. The quantitative estimate of drug-likeness (QED) is 0.0161. The molecule has 0 bridgehead atoms. The Balaban J connectivity index is -0.000000196. The van der Waals surface area contributed by atoms with Gasteiger partial charge >= 0.3 is 104 Å². The van der Waals surface area contributed by atoms with E-state index in [9.17, 15) is 49.2 Å². The number of carbonyl (C=O) groups excluding carboxylic acids is 2. The number of anilines is 3. The van der Waals surface area contributed by atoms with Crippen molar-refractivity contribution in [2.75, 3.05) is 16.4 Å². The molecule has 9 aromatic rings. The van der Waals surface area contributed by atoms with E-state index in [2.05, 4.69) is 20.1 Å². The van der Waals surface area contributed by atoms with E-state index < -0.39 is 41.7 Å². The van der Waals surface area contributed by atoms with E-state index in [-0.39, 0.29) is 165 Å². The molecule has 101 heavy (non-hydrogen) atoms. The minimum atomic E-state index is -2.38. The number of nitrogen functional groups attached to an aromatic ring is 1. The Labute approximate surface area is 619 Å². The van der Waals surface area contributed by atoms with Gasteiger partial charge in [-0.1, -0.05) is 109 Å². The van der Waals surface area contributed by atoms with Gasteiger partial charge in [-0.15, -0.1) is 28.6 Å². The third-order valence-corrected chi connectivity index (χ3v) is 10.1. The molecule has 0 spiro atoms. The first-order valence-electron chi connectivity index (χ1n) is 26.5. The zero-order valence-electron chi connectivity index (χ0n) is 53.0. The molecule has 31 nitrogen and oxygen atoms in total. The smallest absolute Gasteiger partial charge is 0.872 e. The Morgan fingerprint density at radius 1 is 0.436 bits per heavy atom. The van der Waals surface area contributed by atoms with Crippen LogP contribution in [-0.2, 0) is 77.9 Å². The predicted octanol–water partition coefficient (Wildman–Crippen LogP) is 7.14. The average molecular weight is 1570 g/mol. The number of benzene rings is 9. The van der Waals surface area contributed by atoms with Gasteiger partial charge in [0.05, 0.1) is 5.91 Å². The number of rotatable bonds is 10. The van der Waals surface area contributed by atoms with Crippen molar-refractivity contribution in [2.45, 2.75) is 39.6 Å². The Morgan fingerprint density at radius 2 is 0.723 bits per heavy atom. The van der Waals surface area contributed by atoms with E-state index in [0.717, 1.165) is 13.8 Å². The number of phenols is 4. The standard InChI is InChI=1S/C9H10O5.C9H8O4.C8H10NO3.C8H9NO2.2C7H6O3.C6H7NO.2C6H6NO.4Fe.3H2O/c1-9(12,13)14-7-5-3-2-4-6(7)8(10)11;1-6(10)13-8-5-3-2-4-7(8)9(11)12;1-8(11,12)9-6-2-4-7(10)5-3-6;1-6(10)9-7-2-4-8(11)5-3-7;2*8-6-4-2-1-3-5(6)7(9)10;3*7-5-1-3-6(8)4-2-5;;;;;;;/h2-5,12-13H,1H3,(H,10,11);2-5H,1H3,(H,11,12);2-5,9-11H,1H3;2-5,11H,1H3,(H,9,10);2*1-4,8H,(H,9,10);1-4,8H,7H2;2*1-4,7-8H;;;;;3*1H2/q;;-1;;;;;2*-1;4*+3;;;/p-5. The molecule has 9 aromatic carbocycles. The number of amides is 1. The molecule has 21 N–H and O–H groups in total. The van der Waals surface area contributed by atoms with Crippen LogP contribution < -0.4 is 46.3 Å². The number of carboxylic acids is 4. The summed E-state index contributed by atoms with van der Waals surface area (Å²) in [6.45, 7) is 4.73. The first-order chi connectivity index (χ1) is 44.0. The van der Waals surface area contributed by atoms with Gasteiger partial charge in [-0.25, -0.2) is 19.2 Å². The number of carbonyl (C=O) groups is 6. The number of aliphatic hydroxyl groups is 3. The summed E-state index contributed by atoms with van der Waals surface area (Å²) in [5.74, 6) is -9.95. The number of carboxylic acid groups (broad SMARTS) is 4. The zero-order chi connectivity index (χ0) is 71.1. The van der Waals surface area contributed by atoms with Crippen LogP contribution in [0.5, 0.6) is 51.7 Å². The van der Waals surface area contributed by atoms with Crippen molar-refractivity contribution < 1.29 is 200 Å². The predicted molar refractivity (Wildman–Crippen MR) is 344 cm³/mol. The van der Waals surface area contributed by atoms with Crippen molar-refractivity contribution in [3.63, 3.8) is 0 Å². The Morgan fingerprint density at radius 3 is 1.00 bits per heavy atom. The molecule has 0 heterocycles. The summed E-state index contributed by atoms with van der Waals surface area (Å²) in [5.41, 5.74) is 21.5. The fourth-order valence-electron chi connectivity index (χ4n) is 6.08. The van der Waals surface area contributed by atoms with Crippen molar-refractivity contribution in [1.29, 1.82) is 0 Å². The Bertz CT molecular complexity index is 3580. The summed E-state index contributed by atoms with van der Waals surface area (Å²) in [7, 11) is 0. The Hall–Kier alpha value is -10.8. The van der Waals surface area contributed by atoms with E-state index >= 15 is 0 Å². The number of nitrogens with two attached hydrogens (primary N) is 1. The molecule has 1 amide bonds. The van der Waals surface area contributed by atoms with Crippen LogP contribution in [0, 0.1) is 0 Å². The largest absolute Gasteiger partial charge is 3.00 e. The van der Waals surface area contributed by atoms with Crippen LogP contribution in [0.15, 0.2) is 218 Å². The fraction of sp³-hybridized carbons (Fsp3) is 0.0909. The van der Waals surface area contributed by atoms with E-state index in [4.69, 9.17) is 73.4 Å². The van der Waals surface area contributed by atoms with Gasteiger partial charge in [0.2, 0.25) is 5.91 Å². The maximum absolute atomic E-state index is 10.7. The summed E-state index contributed by atoms with van der Waals surface area (Å²) in [6.07, 6.45) is 0. The number of ether oxygens (including phenoxy) is 2. The topological polar surface area (TPSA) is 625 Å². The molecular formula is C66H69Fe4N5O26+4. The maximum Gasteiger partial charge on any atom is 3.00 e. The molecule has 4 radical (unpaired) electrons. The van der Waals surface area contributed by atoms with Crippen LogP contribution in [0.25, 0.3) is 11.5 Å². The molecule has 9 rings (SSSR count). The number of hydrogen-bond acceptors (Lipinski definition) is 23. The van der Waals surface area contributed by atoms with Gasteiger partial charge in [-0.05, 0) is 116 Å². The number of esters is 1. The molecule has 0 fully saturated rings. The monoisotopic (exact) mass is 1570 g/mol. The summed E-state index contributed by atoms with van der Waals surface area (Å²) >= 11 is 0. The number of para-hydroxylation sites is 4. The third kappa shape index (κ3) is 49.4. The third-order valence-electron chi connectivity index (χ3n) is 10.1. The molecule has 0 aliphatic carbocycles. The summed E-state index contributed by atoms with van der Waals surface area (Å²) in [6, 6.07) is 52.9. The van der Waals surface area contributed by atoms with E-state index in [1.54, 1.807) is 72.8 Å². The van der Waals surface area contributed by atoms with Crippen molar-refractivity contribution in [3.8, 4) is 51.7 Å². The Kier molecular flexibility index (Phi) is 55.6. The number of aromatic carboxylic acids is 4. The fourth-order valence-corrected chi connectivity index (χ4v) is 6.08. The van der Waals surface area contributed by atoms with Crippen molar-refractivity contribution >= 4 is 64.2 Å². The SMILES string of the molecule is CC(=O)Nc1ccc(O)cc1.CC(=O)Oc1ccccc1C(=O)O.CC(O)(O)Oc1ccccc1C(=O)O.CC([O-])(O)Nc1ccc([O-])cc1.Nc1ccc(O)cc1.O.O=C(O)c1ccccc1O.O=C(O)c1ccccc1O.[Fe+3].[Fe+3].[Fe+3].[Fe+3].[NH-]c1ccc([O-])cc1.[NH-]c1ccc([O-])cc1.[OH-].[OH-]. The summed E-state index contributed by atoms with van der Waals surface area (Å²) in [4.78, 5) is 62.9. The van der Waals surface area contributed by atoms with Gasteiger partial charge in [-0.3, -0.25) is 9.59 Å². The van der Waals surface area contributed by atoms with Gasteiger partial charge in [0, 0.05) is 37.8 Å². The maximum atomic E-state index is 10.7. The van der Waals surface area contributed by atoms with Gasteiger partial charge in [0.25, 0.3) is 0 Å². The van der Waals surface area contributed by atoms with Gasteiger partial charge < -0.3 is 130 Å². The molecule has 1 atom stereocenters. The zero-order valence-corrected chi connectivity index (χ0v) is 57.4. The second-order valence-corrected chi connectivity index (χ2v) is 18.4. The van der Waals surface area contributed by atoms with Crippen LogP contribution >= 0.6 is 0 Å². The van der Waals surface area contributed by atoms with Gasteiger partial charge in [0.1, 0.15) is 56.8 Å². The molecule has 0 aromatic heterocycles. The minimum absolute atomic E-state index is 0. The first kappa shape index (κ1) is 104. The molecular weight excluding hydrogens is 1500 g/mol. The summed E-state index contributed by atoms with van der Waals surface area (Å²) in [5, 5.41) is 143. The minimum Gasteiger partial charge on any atom is -0.872 e. The average Bonchev–Trinajstić information content (AvgIpc) is 0.862. The molecule has 0 aliphatic heterocycles. The molecule has 0 aliphatic rings. The number of nitrogens with one attached hydrogen (secondary N) is 4. The molecule has 1 unspecified atom stereocenters. The molecule has 0 saturated carbocycles. The number of aromatic hydroxyl groups is 4. The van der Waals surface area contributed by atoms with Crippen LogP contribution in [0.1, 0.15) is 69.1 Å². The number of phenolic OH excluding ortho intramolecular Hbond substituents is 2. The van der Waals surface area contributed by atoms with Crippen molar-refractivity contribution in [3.05, 3.63) is 252 Å². The van der Waals surface area contributed by atoms with E-state index in [1.807, 2.05) is 0 Å². The van der Waals surface area contributed by atoms with Gasteiger partial charge in [0.15, 0.2) is 0 Å². The van der Waals surface area contributed by atoms with Crippen molar-refractivity contribution in [2.24, 2.45) is 0 Å².